The predicted octanol–water partition coefficient (Wildman–Crippen LogP) is 6.22. The lowest BCUT2D eigenvalue weighted by atomic mass is 9.98. The summed E-state index contributed by atoms with van der Waals surface area (Å²) in [5.74, 6) is 1.60. The summed E-state index contributed by atoms with van der Waals surface area (Å²) in [7, 11) is 1.65. The van der Waals surface area contributed by atoms with Crippen LogP contribution in [0.1, 0.15) is 41.4 Å². The van der Waals surface area contributed by atoms with Crippen molar-refractivity contribution in [3.63, 3.8) is 0 Å². The van der Waals surface area contributed by atoms with E-state index in [0.29, 0.717) is 11.1 Å². The van der Waals surface area contributed by atoms with Crippen molar-refractivity contribution in [1.29, 1.82) is 0 Å². The van der Waals surface area contributed by atoms with Gasteiger partial charge in [-0.05, 0) is 69.8 Å². The lowest BCUT2D eigenvalue weighted by molar-refractivity contribution is 0.103. The zero-order valence-corrected chi connectivity index (χ0v) is 18.4. The molecular weight excluding hydrogens is 542 g/mol. The summed E-state index contributed by atoms with van der Waals surface area (Å²) in [5.41, 5.74) is 2.13. The number of hydrogen-bond donors (Lipinski definition) is 0. The monoisotopic (exact) mass is 560 g/mol. The molecule has 0 atom stereocenters. The number of hydrogen-bond acceptors (Lipinski definition) is 3. The van der Waals surface area contributed by atoms with Crippen molar-refractivity contribution >= 4 is 61.9 Å². The maximum absolute atomic E-state index is 13.3. The van der Waals surface area contributed by atoms with Gasteiger partial charge in [0.15, 0.2) is 5.78 Å². The van der Waals surface area contributed by atoms with Crippen LogP contribution in [0.15, 0.2) is 40.8 Å². The van der Waals surface area contributed by atoms with Crippen LogP contribution >= 0.6 is 45.2 Å². The molecule has 130 valence electrons. The molecule has 0 radical (unpaired) electrons. The van der Waals surface area contributed by atoms with Crippen LogP contribution in [0, 0.1) is 7.14 Å². The van der Waals surface area contributed by atoms with Gasteiger partial charge in [-0.2, -0.15) is 0 Å². The number of ether oxygens (including phenoxy) is 1. The Morgan fingerprint density at radius 1 is 1.16 bits per heavy atom. The molecule has 0 aliphatic carbocycles. The van der Waals surface area contributed by atoms with E-state index in [4.69, 9.17) is 9.15 Å². The Balaban J connectivity index is 2.13. The van der Waals surface area contributed by atoms with Crippen LogP contribution in [0.3, 0.4) is 0 Å². The topological polar surface area (TPSA) is 39.4 Å². The molecule has 5 heteroatoms. The molecule has 0 fully saturated rings. The van der Waals surface area contributed by atoms with Gasteiger partial charge in [0.2, 0.25) is 0 Å². The Bertz CT molecular complexity index is 905. The number of carbonyl (C=O) groups is 1. The summed E-state index contributed by atoms with van der Waals surface area (Å²) in [5, 5.41) is 0.888. The number of aryl methyl sites for hydroxylation is 1. The number of methoxy groups -OCH3 is 1. The quantitative estimate of drug-likeness (QED) is 0.266. The molecule has 0 N–H and O–H groups in total. The van der Waals surface area contributed by atoms with Gasteiger partial charge in [0.1, 0.15) is 17.1 Å². The fourth-order valence-corrected chi connectivity index (χ4v) is 5.10. The Labute approximate surface area is 174 Å². The molecule has 0 aliphatic heterocycles. The number of halogens is 2. The van der Waals surface area contributed by atoms with Crippen LogP contribution in [0.4, 0.5) is 0 Å². The van der Waals surface area contributed by atoms with Crippen LogP contribution in [0.2, 0.25) is 0 Å². The summed E-state index contributed by atoms with van der Waals surface area (Å²) in [6.07, 6.45) is 2.83. The minimum absolute atomic E-state index is 0.00883. The lowest BCUT2D eigenvalue weighted by Gasteiger charge is -2.09. The number of para-hydroxylation sites is 1. The highest BCUT2D eigenvalue weighted by molar-refractivity contribution is 14.1. The number of benzene rings is 2. The second-order valence-corrected chi connectivity index (χ2v) is 8.13. The Hall–Kier alpha value is -1.09. The van der Waals surface area contributed by atoms with Gasteiger partial charge in [0.25, 0.3) is 0 Å². The molecule has 0 amide bonds. The first-order valence-corrected chi connectivity index (χ1v) is 10.3. The molecule has 1 aromatic heterocycles. The third kappa shape index (κ3) is 3.72. The molecule has 3 aromatic rings. The van der Waals surface area contributed by atoms with Gasteiger partial charge in [-0.3, -0.25) is 4.79 Å². The third-order valence-electron chi connectivity index (χ3n) is 4.12. The molecule has 0 saturated carbocycles. The van der Waals surface area contributed by atoms with Crippen molar-refractivity contribution in [2.24, 2.45) is 0 Å². The zero-order valence-electron chi connectivity index (χ0n) is 14.1. The summed E-state index contributed by atoms with van der Waals surface area (Å²) < 4.78 is 13.3. The van der Waals surface area contributed by atoms with E-state index in [-0.39, 0.29) is 5.78 Å². The van der Waals surface area contributed by atoms with Crippen LogP contribution in [0.25, 0.3) is 11.0 Å². The molecule has 2 aromatic carbocycles. The van der Waals surface area contributed by atoms with Gasteiger partial charge >= 0.3 is 0 Å². The highest BCUT2D eigenvalue weighted by atomic mass is 127. The van der Waals surface area contributed by atoms with Gasteiger partial charge in [-0.15, -0.1) is 0 Å². The van der Waals surface area contributed by atoms with Gasteiger partial charge < -0.3 is 9.15 Å². The second-order valence-electron chi connectivity index (χ2n) is 5.80. The van der Waals surface area contributed by atoms with Gasteiger partial charge in [-0.1, -0.05) is 31.5 Å². The first-order chi connectivity index (χ1) is 12.1. The average molecular weight is 560 g/mol. The average Bonchev–Trinajstić information content (AvgIpc) is 2.97. The van der Waals surface area contributed by atoms with E-state index < -0.39 is 0 Å². The van der Waals surface area contributed by atoms with E-state index in [2.05, 4.69) is 52.1 Å². The highest BCUT2D eigenvalue weighted by Crippen LogP contribution is 2.33. The van der Waals surface area contributed by atoms with Crippen molar-refractivity contribution in [3.05, 3.63) is 60.4 Å². The molecule has 1 heterocycles. The van der Waals surface area contributed by atoms with E-state index in [0.717, 1.165) is 48.9 Å². The molecule has 0 aliphatic rings. The maximum Gasteiger partial charge on any atom is 0.197 e. The highest BCUT2D eigenvalue weighted by Gasteiger charge is 2.23. The molecule has 0 bridgehead atoms. The number of fused-ring (bicyclic) bond motifs is 1. The van der Waals surface area contributed by atoms with Gasteiger partial charge in [0.05, 0.1) is 19.8 Å². The van der Waals surface area contributed by atoms with Crippen LogP contribution < -0.4 is 4.74 Å². The van der Waals surface area contributed by atoms with Crippen molar-refractivity contribution in [3.8, 4) is 5.75 Å². The van der Waals surface area contributed by atoms with Gasteiger partial charge in [0, 0.05) is 17.4 Å². The van der Waals surface area contributed by atoms with E-state index in [1.807, 2.05) is 36.4 Å². The Morgan fingerprint density at radius 3 is 2.48 bits per heavy atom. The predicted molar refractivity (Wildman–Crippen MR) is 117 cm³/mol. The Morgan fingerprint density at radius 2 is 1.84 bits per heavy atom. The minimum atomic E-state index is 0.00883. The summed E-state index contributed by atoms with van der Waals surface area (Å²) in [6, 6.07) is 11.5. The van der Waals surface area contributed by atoms with Crippen molar-refractivity contribution in [2.45, 2.75) is 26.2 Å². The number of furan rings is 1. The van der Waals surface area contributed by atoms with E-state index in [9.17, 15) is 4.79 Å². The fourth-order valence-electron chi connectivity index (χ4n) is 2.89. The summed E-state index contributed by atoms with van der Waals surface area (Å²) in [6.45, 7) is 2.14. The zero-order chi connectivity index (χ0) is 18.0. The fraction of sp³-hybridized carbons (Fsp3) is 0.250. The summed E-state index contributed by atoms with van der Waals surface area (Å²) in [4.78, 5) is 13.3. The second kappa shape index (κ2) is 8.07. The third-order valence-corrected chi connectivity index (χ3v) is 5.72. The van der Waals surface area contributed by atoms with Crippen LogP contribution in [-0.4, -0.2) is 12.9 Å². The lowest BCUT2D eigenvalue weighted by Crippen LogP contribution is -2.06. The normalized spacial score (nSPS) is 11.0. The largest absolute Gasteiger partial charge is 0.495 e. The molecule has 3 nitrogen and oxygen atoms in total. The number of unbranched alkanes of at least 4 members (excludes halogenated alkanes) is 1. The van der Waals surface area contributed by atoms with Crippen molar-refractivity contribution in [2.75, 3.05) is 7.11 Å². The number of carbonyl (C=O) groups excluding carboxylic acids is 1. The first kappa shape index (κ1) is 18.7. The minimum Gasteiger partial charge on any atom is -0.495 e. The SMILES string of the molecule is CCCCc1oc2ccccc2c1C(=O)c1cc(I)c(OC)c(I)c1. The molecular formula is C20H18I2O3. The van der Waals surface area contributed by atoms with Crippen molar-refractivity contribution < 1.29 is 13.9 Å². The van der Waals surface area contributed by atoms with Crippen molar-refractivity contribution in [1.82, 2.24) is 0 Å². The van der Waals surface area contributed by atoms with Gasteiger partial charge in [-0.25, -0.2) is 0 Å². The number of rotatable bonds is 6. The molecule has 0 unspecified atom stereocenters. The van der Waals surface area contributed by atoms with Crippen LogP contribution in [0.5, 0.6) is 5.75 Å². The van der Waals surface area contributed by atoms with E-state index in [1.54, 1.807) is 7.11 Å². The summed E-state index contributed by atoms with van der Waals surface area (Å²) >= 11 is 4.41. The maximum atomic E-state index is 13.3. The molecule has 0 saturated heterocycles. The van der Waals surface area contributed by atoms with Crippen LogP contribution in [-0.2, 0) is 6.42 Å². The standard InChI is InChI=1S/C20H18I2O3/c1-3-4-8-17-18(13-7-5-6-9-16(13)25-17)19(23)12-10-14(21)20(24-2)15(22)11-12/h5-7,9-11H,3-4,8H2,1-2H3. The Kier molecular flexibility index (Phi) is 6.04. The number of ketones is 1. The molecule has 3 rings (SSSR count). The van der Waals surface area contributed by atoms with E-state index >= 15 is 0 Å². The van der Waals surface area contributed by atoms with E-state index in [1.165, 1.54) is 0 Å². The smallest absolute Gasteiger partial charge is 0.197 e. The first-order valence-electron chi connectivity index (χ1n) is 8.15. The molecule has 25 heavy (non-hydrogen) atoms. The molecule has 0 spiro atoms.